The first-order valence-electron chi connectivity index (χ1n) is 34.8. The Hall–Kier alpha value is -1.92. The molecule has 0 spiro atoms. The zero-order valence-corrected chi connectivity index (χ0v) is 52.0. The zero-order chi connectivity index (χ0) is 55.7. The molecule has 2 atom stereocenters. The number of aliphatic hydroxyl groups is 2. The Kier molecular flexibility index (Phi) is 64.9. The van der Waals surface area contributed by atoms with E-state index in [1.807, 2.05) is 6.08 Å². The van der Waals surface area contributed by atoms with E-state index in [-0.39, 0.29) is 18.5 Å². The van der Waals surface area contributed by atoms with Gasteiger partial charge in [-0.1, -0.05) is 339 Å². The molecule has 0 saturated carbocycles. The fourth-order valence-corrected chi connectivity index (χ4v) is 10.8. The molecule has 0 aromatic heterocycles. The third-order valence-corrected chi connectivity index (χ3v) is 16.2. The molecule has 77 heavy (non-hydrogen) atoms. The number of nitrogens with one attached hydrogen (secondary N) is 1. The lowest BCUT2D eigenvalue weighted by Gasteiger charge is -2.20. The van der Waals surface area contributed by atoms with Crippen molar-refractivity contribution in [2.24, 2.45) is 0 Å². The summed E-state index contributed by atoms with van der Waals surface area (Å²) in [7, 11) is 0. The van der Waals surface area contributed by atoms with Gasteiger partial charge in [0.05, 0.1) is 25.4 Å². The molecule has 0 aliphatic carbocycles. The molecular weight excluding hydrogens is 947 g/mol. The van der Waals surface area contributed by atoms with Crippen LogP contribution in [-0.4, -0.2) is 47.4 Å². The Balaban J connectivity index is 3.32. The number of esters is 1. The molecule has 3 N–H and O–H groups in total. The van der Waals surface area contributed by atoms with Gasteiger partial charge in [0.15, 0.2) is 0 Å². The van der Waals surface area contributed by atoms with E-state index in [0.717, 1.165) is 51.4 Å². The number of hydrogen-bond acceptors (Lipinski definition) is 5. The monoisotopic (exact) mass is 1080 g/mol. The molecule has 2 unspecified atom stereocenters. The minimum atomic E-state index is -0.840. The van der Waals surface area contributed by atoms with Crippen molar-refractivity contribution in [1.82, 2.24) is 5.32 Å². The zero-order valence-electron chi connectivity index (χ0n) is 52.0. The van der Waals surface area contributed by atoms with E-state index in [4.69, 9.17) is 4.74 Å². The molecule has 6 heteroatoms. The summed E-state index contributed by atoms with van der Waals surface area (Å²) >= 11 is 0. The number of rotatable bonds is 65. The van der Waals surface area contributed by atoms with E-state index in [9.17, 15) is 19.8 Å². The van der Waals surface area contributed by atoms with Crippen molar-refractivity contribution >= 4 is 11.9 Å². The van der Waals surface area contributed by atoms with Crippen LogP contribution in [0.15, 0.2) is 36.5 Å². The van der Waals surface area contributed by atoms with Crippen LogP contribution in [0.4, 0.5) is 0 Å². The predicted octanol–water partition coefficient (Wildman–Crippen LogP) is 22.3. The van der Waals surface area contributed by atoms with Gasteiger partial charge >= 0.3 is 5.97 Å². The number of hydrogen-bond donors (Lipinski definition) is 3. The van der Waals surface area contributed by atoms with Crippen LogP contribution in [0.1, 0.15) is 380 Å². The van der Waals surface area contributed by atoms with E-state index < -0.39 is 12.1 Å². The molecule has 0 saturated heterocycles. The maximum absolute atomic E-state index is 12.5. The average molecular weight is 1080 g/mol. The first kappa shape index (κ1) is 75.1. The van der Waals surface area contributed by atoms with Crippen molar-refractivity contribution < 1.29 is 24.5 Å². The molecule has 0 bridgehead atoms. The van der Waals surface area contributed by atoms with Gasteiger partial charge in [-0.25, -0.2) is 0 Å². The van der Waals surface area contributed by atoms with Crippen LogP contribution >= 0.6 is 0 Å². The predicted molar refractivity (Wildman–Crippen MR) is 338 cm³/mol. The largest absolute Gasteiger partial charge is 0.466 e. The minimum Gasteiger partial charge on any atom is -0.466 e. The standard InChI is InChI=1S/C71H135NO5/c1-3-5-7-9-11-13-15-17-18-34-38-41-45-49-53-57-61-65-71(76)77-66-62-58-54-50-46-42-39-36-33-31-29-27-25-23-21-19-20-22-24-26-28-30-32-35-37-40-44-48-52-56-60-64-70(75)72-68(67-73)69(74)63-59-55-51-47-43-16-14-12-10-8-6-4-2/h11,13,17-18,59,63,68-69,73-74H,3-10,12,14-16,19-58,60-62,64-67H2,1-2H3,(H,72,75)/b13-11-,18-17-,63-59+. The summed E-state index contributed by atoms with van der Waals surface area (Å²) in [6, 6.07) is -0.623. The van der Waals surface area contributed by atoms with Crippen molar-refractivity contribution in [3.8, 4) is 0 Å². The van der Waals surface area contributed by atoms with E-state index in [1.54, 1.807) is 6.08 Å². The maximum atomic E-state index is 12.5. The Morgan fingerprint density at radius 3 is 1.01 bits per heavy atom. The van der Waals surface area contributed by atoms with Crippen LogP contribution < -0.4 is 5.32 Å². The molecule has 0 radical (unpaired) electrons. The van der Waals surface area contributed by atoms with Gasteiger partial charge in [-0.15, -0.1) is 0 Å². The second-order valence-electron chi connectivity index (χ2n) is 23.9. The molecule has 454 valence electrons. The van der Waals surface area contributed by atoms with Crippen LogP contribution in [-0.2, 0) is 14.3 Å². The van der Waals surface area contributed by atoms with E-state index in [2.05, 4.69) is 43.5 Å². The summed E-state index contributed by atoms with van der Waals surface area (Å²) in [5, 5.41) is 23.1. The highest BCUT2D eigenvalue weighted by Crippen LogP contribution is 2.19. The van der Waals surface area contributed by atoms with E-state index in [0.29, 0.717) is 19.4 Å². The molecule has 0 aromatic rings. The SMILES string of the molecule is CCCCC/C=C\C/C=C\CCCCCCCCCC(=O)OCCCCCCCCCCCCCCCCCCCCCCCCCCCCCCCCCC(=O)NC(CO)C(O)/C=C/CCCCCCCCCCCC. The Labute approximate surface area is 481 Å². The van der Waals surface area contributed by atoms with Gasteiger partial charge in [-0.05, 0) is 64.2 Å². The average Bonchev–Trinajstić information content (AvgIpc) is 3.43. The van der Waals surface area contributed by atoms with Gasteiger partial charge in [0.25, 0.3) is 0 Å². The van der Waals surface area contributed by atoms with E-state index >= 15 is 0 Å². The van der Waals surface area contributed by atoms with Crippen LogP contribution in [0, 0.1) is 0 Å². The molecule has 0 heterocycles. The quantitative estimate of drug-likeness (QED) is 0.0320. The normalized spacial score (nSPS) is 12.7. The lowest BCUT2D eigenvalue weighted by molar-refractivity contribution is -0.143. The first-order chi connectivity index (χ1) is 38.0. The van der Waals surface area contributed by atoms with Gasteiger partial charge in [0.2, 0.25) is 5.91 Å². The van der Waals surface area contributed by atoms with Gasteiger partial charge in [0.1, 0.15) is 0 Å². The highest BCUT2D eigenvalue weighted by atomic mass is 16.5. The summed E-state index contributed by atoms with van der Waals surface area (Å²) in [6.07, 6.45) is 85.2. The van der Waals surface area contributed by atoms with Gasteiger partial charge in [-0.3, -0.25) is 9.59 Å². The number of allylic oxidation sites excluding steroid dienone is 5. The number of aliphatic hydroxyl groups excluding tert-OH is 2. The first-order valence-corrected chi connectivity index (χ1v) is 34.8. The van der Waals surface area contributed by atoms with Crippen molar-refractivity contribution in [1.29, 1.82) is 0 Å². The summed E-state index contributed by atoms with van der Waals surface area (Å²) in [5.74, 6) is -0.0503. The highest BCUT2D eigenvalue weighted by Gasteiger charge is 2.18. The molecule has 1 amide bonds. The lowest BCUT2D eigenvalue weighted by atomic mass is 10.0. The molecular formula is C71H135NO5. The number of ether oxygens (including phenoxy) is 1. The van der Waals surface area contributed by atoms with Gasteiger partial charge < -0.3 is 20.3 Å². The summed E-state index contributed by atoms with van der Waals surface area (Å²) in [4.78, 5) is 24.5. The Morgan fingerprint density at radius 1 is 0.364 bits per heavy atom. The van der Waals surface area contributed by atoms with Crippen molar-refractivity contribution in [3.63, 3.8) is 0 Å². The molecule has 0 fully saturated rings. The molecule has 0 aliphatic heterocycles. The van der Waals surface area contributed by atoms with Crippen molar-refractivity contribution in [2.75, 3.05) is 13.2 Å². The van der Waals surface area contributed by atoms with Crippen LogP contribution in [0.2, 0.25) is 0 Å². The van der Waals surface area contributed by atoms with Crippen LogP contribution in [0.3, 0.4) is 0 Å². The summed E-state index contributed by atoms with van der Waals surface area (Å²) in [5.41, 5.74) is 0. The fraction of sp³-hybridized carbons (Fsp3) is 0.887. The second-order valence-corrected chi connectivity index (χ2v) is 23.9. The van der Waals surface area contributed by atoms with Gasteiger partial charge in [0, 0.05) is 12.8 Å². The maximum Gasteiger partial charge on any atom is 0.305 e. The molecule has 0 rings (SSSR count). The fourth-order valence-electron chi connectivity index (χ4n) is 10.8. The topological polar surface area (TPSA) is 95.9 Å². The number of amides is 1. The van der Waals surface area contributed by atoms with Crippen molar-refractivity contribution in [3.05, 3.63) is 36.5 Å². The summed E-state index contributed by atoms with van der Waals surface area (Å²) in [6.45, 7) is 4.89. The molecule has 6 nitrogen and oxygen atoms in total. The highest BCUT2D eigenvalue weighted by molar-refractivity contribution is 5.76. The minimum absolute atomic E-state index is 0.0128. The lowest BCUT2D eigenvalue weighted by Crippen LogP contribution is -2.45. The smallest absolute Gasteiger partial charge is 0.305 e. The number of carbonyl (C=O) groups excluding carboxylic acids is 2. The third-order valence-electron chi connectivity index (χ3n) is 16.2. The molecule has 0 aromatic carbocycles. The van der Waals surface area contributed by atoms with Gasteiger partial charge in [-0.2, -0.15) is 0 Å². The van der Waals surface area contributed by atoms with Crippen LogP contribution in [0.25, 0.3) is 0 Å². The van der Waals surface area contributed by atoms with E-state index in [1.165, 1.54) is 302 Å². The summed E-state index contributed by atoms with van der Waals surface area (Å²) < 4.78 is 5.50. The van der Waals surface area contributed by atoms with Crippen LogP contribution in [0.5, 0.6) is 0 Å². The number of unbranched alkanes of at least 4 members (excludes halogenated alkanes) is 50. The Morgan fingerprint density at radius 2 is 0.649 bits per heavy atom. The second kappa shape index (κ2) is 66.6. The Bertz CT molecular complexity index is 1250. The third kappa shape index (κ3) is 63.1. The van der Waals surface area contributed by atoms with Crippen molar-refractivity contribution in [2.45, 2.75) is 392 Å². The number of carbonyl (C=O) groups is 2. The molecule has 0 aliphatic rings.